The molecule has 1 aromatic carbocycles. The summed E-state index contributed by atoms with van der Waals surface area (Å²) < 4.78 is 0. The first-order chi connectivity index (χ1) is 14.0. The monoisotopic (exact) mass is 398 g/mol. The van der Waals surface area contributed by atoms with Crippen molar-refractivity contribution in [2.45, 2.75) is 33.6 Å². The zero-order chi connectivity index (χ0) is 21.0. The van der Waals surface area contributed by atoms with Crippen molar-refractivity contribution in [3.8, 4) is 0 Å². The van der Waals surface area contributed by atoms with E-state index in [2.05, 4.69) is 22.0 Å². The molecule has 0 atom stereocenters. The number of imide groups is 1. The molecular weight excluding hydrogens is 368 g/mol. The van der Waals surface area contributed by atoms with Gasteiger partial charge in [0, 0.05) is 45.3 Å². The van der Waals surface area contributed by atoms with Gasteiger partial charge in [-0.1, -0.05) is 32.4 Å². The second-order valence-electron chi connectivity index (χ2n) is 7.52. The summed E-state index contributed by atoms with van der Waals surface area (Å²) in [7, 11) is 0. The fraction of sp³-hybridized carbons (Fsp3) is 0.500. The van der Waals surface area contributed by atoms with Crippen LogP contribution >= 0.6 is 0 Å². The summed E-state index contributed by atoms with van der Waals surface area (Å²) in [5, 5.41) is 2.73. The highest BCUT2D eigenvalue weighted by Crippen LogP contribution is 2.33. The molecule has 0 aromatic heterocycles. The van der Waals surface area contributed by atoms with Crippen LogP contribution in [0.4, 0.5) is 5.69 Å². The van der Waals surface area contributed by atoms with Crippen LogP contribution in [0, 0.1) is 0 Å². The molecule has 0 aliphatic carbocycles. The van der Waals surface area contributed by atoms with E-state index in [0.717, 1.165) is 45.6 Å². The Morgan fingerprint density at radius 2 is 1.66 bits per heavy atom. The molecule has 1 saturated heterocycles. The zero-order valence-corrected chi connectivity index (χ0v) is 17.5. The summed E-state index contributed by atoms with van der Waals surface area (Å²) in [5.41, 5.74) is 2.38. The van der Waals surface area contributed by atoms with Crippen LogP contribution in [0.1, 0.15) is 39.2 Å². The molecule has 7 nitrogen and oxygen atoms in total. The van der Waals surface area contributed by atoms with Crippen LogP contribution in [0.5, 0.6) is 0 Å². The summed E-state index contributed by atoms with van der Waals surface area (Å²) in [5.74, 6) is -0.553. The Balaban J connectivity index is 1.94. The third kappa shape index (κ3) is 4.50. The summed E-state index contributed by atoms with van der Waals surface area (Å²) in [4.78, 5) is 43.5. The standard InChI is InChI=1S/C22H30N4O3/c1-4-6-11-26-21(28)19(17-7-9-18(10-8-17)23-16(3)27)20(22(26)29)25-14-12-24(5-2)13-15-25/h7-10H,4-6,11-15H2,1-3H3,(H,23,27). The maximum Gasteiger partial charge on any atom is 0.277 e. The highest BCUT2D eigenvalue weighted by molar-refractivity contribution is 6.35. The number of nitrogens with one attached hydrogen (secondary N) is 1. The zero-order valence-electron chi connectivity index (χ0n) is 17.5. The van der Waals surface area contributed by atoms with E-state index in [4.69, 9.17) is 0 Å². The van der Waals surface area contributed by atoms with Gasteiger partial charge in [-0.05, 0) is 30.7 Å². The molecule has 0 bridgehead atoms. The number of hydrogen-bond acceptors (Lipinski definition) is 5. The molecule has 29 heavy (non-hydrogen) atoms. The number of piperazine rings is 1. The van der Waals surface area contributed by atoms with Gasteiger partial charge in [-0.25, -0.2) is 0 Å². The Hall–Kier alpha value is -2.67. The summed E-state index contributed by atoms with van der Waals surface area (Å²) in [6.07, 6.45) is 1.71. The normalized spacial score (nSPS) is 18.0. The SMILES string of the molecule is CCCCN1C(=O)C(c2ccc(NC(C)=O)cc2)=C(N2CCN(CC)CC2)C1=O. The largest absolute Gasteiger partial charge is 0.364 e. The summed E-state index contributed by atoms with van der Waals surface area (Å²) >= 11 is 0. The van der Waals surface area contributed by atoms with Gasteiger partial charge in [0.1, 0.15) is 5.70 Å². The van der Waals surface area contributed by atoms with Crippen LogP contribution in [0.25, 0.3) is 5.57 Å². The van der Waals surface area contributed by atoms with Gasteiger partial charge in [-0.3, -0.25) is 19.3 Å². The van der Waals surface area contributed by atoms with Gasteiger partial charge in [-0.2, -0.15) is 0 Å². The van der Waals surface area contributed by atoms with Crippen molar-refractivity contribution < 1.29 is 14.4 Å². The molecule has 1 N–H and O–H groups in total. The lowest BCUT2D eigenvalue weighted by Gasteiger charge is -2.36. The van der Waals surface area contributed by atoms with Crippen molar-refractivity contribution in [1.29, 1.82) is 0 Å². The van der Waals surface area contributed by atoms with Crippen LogP contribution < -0.4 is 5.32 Å². The van der Waals surface area contributed by atoms with Crippen molar-refractivity contribution in [2.75, 3.05) is 44.6 Å². The lowest BCUT2D eigenvalue weighted by molar-refractivity contribution is -0.137. The number of carbonyl (C=O) groups excluding carboxylic acids is 3. The fourth-order valence-corrected chi connectivity index (χ4v) is 3.85. The average Bonchev–Trinajstić information content (AvgIpc) is 2.96. The van der Waals surface area contributed by atoms with E-state index < -0.39 is 0 Å². The lowest BCUT2D eigenvalue weighted by atomic mass is 10.0. The fourth-order valence-electron chi connectivity index (χ4n) is 3.85. The third-order valence-corrected chi connectivity index (χ3v) is 5.51. The Morgan fingerprint density at radius 3 is 2.21 bits per heavy atom. The minimum Gasteiger partial charge on any atom is -0.364 e. The molecule has 0 radical (unpaired) electrons. The van der Waals surface area contributed by atoms with Gasteiger partial charge in [0.15, 0.2) is 0 Å². The Bertz CT molecular complexity index is 808. The highest BCUT2D eigenvalue weighted by atomic mass is 16.2. The van der Waals surface area contributed by atoms with Crippen molar-refractivity contribution in [2.24, 2.45) is 0 Å². The molecule has 1 aromatic rings. The maximum absolute atomic E-state index is 13.2. The smallest absolute Gasteiger partial charge is 0.277 e. The number of hydrogen-bond donors (Lipinski definition) is 1. The van der Waals surface area contributed by atoms with Crippen LogP contribution in [0.3, 0.4) is 0 Å². The van der Waals surface area contributed by atoms with Crippen LogP contribution in [-0.2, 0) is 14.4 Å². The summed E-state index contributed by atoms with van der Waals surface area (Å²) in [6, 6.07) is 7.14. The van der Waals surface area contributed by atoms with Gasteiger partial charge in [-0.15, -0.1) is 0 Å². The number of rotatable bonds is 7. The second-order valence-corrected chi connectivity index (χ2v) is 7.52. The van der Waals surface area contributed by atoms with Gasteiger partial charge >= 0.3 is 0 Å². The number of amides is 3. The Labute approximate surface area is 172 Å². The number of benzene rings is 1. The molecule has 3 amide bonds. The minimum atomic E-state index is -0.219. The third-order valence-electron chi connectivity index (χ3n) is 5.51. The van der Waals surface area contributed by atoms with Crippen LogP contribution in [0.15, 0.2) is 30.0 Å². The quantitative estimate of drug-likeness (QED) is 0.713. The molecule has 0 unspecified atom stereocenters. The molecule has 2 aliphatic rings. The number of likely N-dealkylation sites (N-methyl/N-ethyl adjacent to an activating group) is 1. The summed E-state index contributed by atoms with van der Waals surface area (Å²) in [6.45, 7) is 10.3. The van der Waals surface area contributed by atoms with Gasteiger partial charge < -0.3 is 15.1 Å². The predicted molar refractivity (Wildman–Crippen MR) is 113 cm³/mol. The number of carbonyl (C=O) groups is 3. The molecule has 156 valence electrons. The highest BCUT2D eigenvalue weighted by Gasteiger charge is 2.41. The van der Waals surface area contributed by atoms with Gasteiger partial charge in [0.2, 0.25) is 5.91 Å². The van der Waals surface area contributed by atoms with Crippen molar-refractivity contribution in [3.05, 3.63) is 35.5 Å². The van der Waals surface area contributed by atoms with E-state index >= 15 is 0 Å². The Kier molecular flexibility index (Phi) is 6.69. The van der Waals surface area contributed by atoms with Crippen molar-refractivity contribution in [3.63, 3.8) is 0 Å². The number of nitrogens with zero attached hydrogens (tertiary/aromatic N) is 3. The van der Waals surface area contributed by atoms with E-state index in [-0.39, 0.29) is 17.7 Å². The molecule has 0 saturated carbocycles. The average molecular weight is 399 g/mol. The van der Waals surface area contributed by atoms with E-state index in [1.807, 2.05) is 6.92 Å². The number of anilines is 1. The van der Waals surface area contributed by atoms with Gasteiger partial charge in [0.05, 0.1) is 5.57 Å². The van der Waals surface area contributed by atoms with Crippen LogP contribution in [-0.4, -0.2) is 71.7 Å². The van der Waals surface area contributed by atoms with E-state index in [1.165, 1.54) is 11.8 Å². The molecule has 1 fully saturated rings. The first-order valence-corrected chi connectivity index (χ1v) is 10.4. The van der Waals surface area contributed by atoms with Crippen molar-refractivity contribution in [1.82, 2.24) is 14.7 Å². The first-order valence-electron chi connectivity index (χ1n) is 10.4. The molecular formula is C22H30N4O3. The Morgan fingerprint density at radius 1 is 1.00 bits per heavy atom. The molecule has 2 heterocycles. The predicted octanol–water partition coefficient (Wildman–Crippen LogP) is 2.16. The maximum atomic E-state index is 13.2. The van der Waals surface area contributed by atoms with Gasteiger partial charge in [0.25, 0.3) is 11.8 Å². The molecule has 0 spiro atoms. The first kappa shape index (κ1) is 21.0. The van der Waals surface area contributed by atoms with Crippen LogP contribution in [0.2, 0.25) is 0 Å². The molecule has 3 rings (SSSR count). The number of unbranched alkanes of at least 4 members (excludes halogenated alkanes) is 1. The second kappa shape index (κ2) is 9.22. The van der Waals surface area contributed by atoms with E-state index in [1.54, 1.807) is 24.3 Å². The lowest BCUT2D eigenvalue weighted by Crippen LogP contribution is -2.47. The van der Waals surface area contributed by atoms with E-state index in [0.29, 0.717) is 29.1 Å². The topological polar surface area (TPSA) is 73.0 Å². The minimum absolute atomic E-state index is 0.149. The van der Waals surface area contributed by atoms with Crippen molar-refractivity contribution >= 4 is 29.0 Å². The molecule has 2 aliphatic heterocycles. The molecule has 7 heteroatoms. The van der Waals surface area contributed by atoms with E-state index in [9.17, 15) is 14.4 Å².